The molecule has 3 heterocycles. The molecule has 3 rings (SSSR count). The van der Waals surface area contributed by atoms with Crippen molar-refractivity contribution in [3.05, 3.63) is 39.7 Å². The van der Waals surface area contributed by atoms with Crippen LogP contribution < -0.4 is 0 Å². The SMILES string of the molecule is Oc1ccsc1-c1nc(Cc2cccs2)no1. The second-order valence-corrected chi connectivity index (χ2v) is 5.36. The maximum atomic E-state index is 9.55. The van der Waals surface area contributed by atoms with Crippen LogP contribution in [0.15, 0.2) is 33.5 Å². The van der Waals surface area contributed by atoms with Crippen molar-refractivity contribution < 1.29 is 9.63 Å². The minimum Gasteiger partial charge on any atom is -0.506 e. The lowest BCUT2D eigenvalue weighted by Crippen LogP contribution is -1.86. The fourth-order valence-electron chi connectivity index (χ4n) is 1.45. The summed E-state index contributed by atoms with van der Waals surface area (Å²) in [6, 6.07) is 5.64. The molecule has 6 heteroatoms. The molecular formula is C11H8N2O2S2. The topological polar surface area (TPSA) is 59.2 Å². The van der Waals surface area contributed by atoms with E-state index in [9.17, 15) is 5.11 Å². The monoisotopic (exact) mass is 264 g/mol. The second kappa shape index (κ2) is 4.31. The van der Waals surface area contributed by atoms with Crippen molar-refractivity contribution in [2.24, 2.45) is 0 Å². The second-order valence-electron chi connectivity index (χ2n) is 3.41. The Bertz CT molecular complexity index is 613. The molecule has 86 valence electrons. The van der Waals surface area contributed by atoms with Crippen LogP contribution in [0.25, 0.3) is 10.8 Å². The maximum absolute atomic E-state index is 9.55. The smallest absolute Gasteiger partial charge is 0.271 e. The summed E-state index contributed by atoms with van der Waals surface area (Å²) in [4.78, 5) is 6.08. The Morgan fingerprint density at radius 2 is 2.18 bits per heavy atom. The van der Waals surface area contributed by atoms with Crippen molar-refractivity contribution in [1.29, 1.82) is 0 Å². The molecule has 3 aromatic heterocycles. The van der Waals surface area contributed by atoms with Gasteiger partial charge < -0.3 is 9.63 Å². The Labute approximate surface area is 105 Å². The molecule has 0 saturated carbocycles. The molecule has 0 spiro atoms. The molecule has 3 aromatic rings. The van der Waals surface area contributed by atoms with Crippen LogP contribution >= 0.6 is 22.7 Å². The quantitative estimate of drug-likeness (QED) is 0.789. The largest absolute Gasteiger partial charge is 0.506 e. The highest BCUT2D eigenvalue weighted by Gasteiger charge is 2.14. The Hall–Kier alpha value is -1.66. The first-order valence-corrected chi connectivity index (χ1v) is 6.70. The molecule has 0 atom stereocenters. The summed E-state index contributed by atoms with van der Waals surface area (Å²) in [6.45, 7) is 0. The summed E-state index contributed by atoms with van der Waals surface area (Å²) in [7, 11) is 0. The van der Waals surface area contributed by atoms with Gasteiger partial charge in [0.1, 0.15) is 10.6 Å². The zero-order valence-corrected chi connectivity index (χ0v) is 10.3. The van der Waals surface area contributed by atoms with Crippen LogP contribution in [-0.2, 0) is 6.42 Å². The first kappa shape index (κ1) is 10.5. The van der Waals surface area contributed by atoms with Gasteiger partial charge in [-0.05, 0) is 22.9 Å². The fraction of sp³-hybridized carbons (Fsp3) is 0.0909. The van der Waals surface area contributed by atoms with Crippen LogP contribution in [-0.4, -0.2) is 15.2 Å². The van der Waals surface area contributed by atoms with E-state index in [0.29, 0.717) is 23.0 Å². The molecule has 0 aliphatic heterocycles. The normalized spacial score (nSPS) is 10.8. The van der Waals surface area contributed by atoms with Gasteiger partial charge in [-0.2, -0.15) is 4.98 Å². The fourth-order valence-corrected chi connectivity index (χ4v) is 2.86. The van der Waals surface area contributed by atoms with Gasteiger partial charge in [0.05, 0.1) is 0 Å². The van der Waals surface area contributed by atoms with Gasteiger partial charge in [0.2, 0.25) is 0 Å². The molecule has 1 N–H and O–H groups in total. The lowest BCUT2D eigenvalue weighted by molar-refractivity contribution is 0.420. The van der Waals surface area contributed by atoms with Gasteiger partial charge in [-0.3, -0.25) is 0 Å². The highest BCUT2D eigenvalue weighted by atomic mass is 32.1. The Kier molecular flexibility index (Phi) is 2.66. The Morgan fingerprint density at radius 1 is 1.24 bits per heavy atom. The summed E-state index contributed by atoms with van der Waals surface area (Å²) in [5, 5.41) is 17.3. The van der Waals surface area contributed by atoms with Crippen molar-refractivity contribution in [2.45, 2.75) is 6.42 Å². The average molecular weight is 264 g/mol. The van der Waals surface area contributed by atoms with Gasteiger partial charge in [0.25, 0.3) is 5.89 Å². The van der Waals surface area contributed by atoms with Crippen molar-refractivity contribution in [3.8, 4) is 16.5 Å². The summed E-state index contributed by atoms with van der Waals surface area (Å²) < 4.78 is 5.13. The van der Waals surface area contributed by atoms with Crippen molar-refractivity contribution in [3.63, 3.8) is 0 Å². The maximum Gasteiger partial charge on any atom is 0.271 e. The molecule has 17 heavy (non-hydrogen) atoms. The van der Waals surface area contributed by atoms with Gasteiger partial charge >= 0.3 is 0 Å². The number of rotatable bonds is 3. The van der Waals surface area contributed by atoms with E-state index >= 15 is 0 Å². The number of nitrogens with zero attached hydrogens (tertiary/aromatic N) is 2. The molecule has 0 amide bonds. The Morgan fingerprint density at radius 3 is 2.88 bits per heavy atom. The number of hydrogen-bond donors (Lipinski definition) is 1. The van der Waals surface area contributed by atoms with Gasteiger partial charge in [-0.25, -0.2) is 0 Å². The highest BCUT2D eigenvalue weighted by molar-refractivity contribution is 7.13. The van der Waals surface area contributed by atoms with Crippen LogP contribution in [0, 0.1) is 0 Å². The molecule has 0 aromatic carbocycles. The van der Waals surface area contributed by atoms with Gasteiger partial charge in [0, 0.05) is 11.3 Å². The average Bonchev–Trinajstić information content (AvgIpc) is 3.00. The summed E-state index contributed by atoms with van der Waals surface area (Å²) in [6.07, 6.45) is 0.660. The minimum absolute atomic E-state index is 0.182. The first-order valence-electron chi connectivity index (χ1n) is 4.95. The number of aromatic hydroxyl groups is 1. The van der Waals surface area contributed by atoms with E-state index in [2.05, 4.69) is 10.1 Å². The van der Waals surface area contributed by atoms with Crippen LogP contribution in [0.2, 0.25) is 0 Å². The summed E-state index contributed by atoms with van der Waals surface area (Å²) in [5.41, 5.74) is 0. The van der Waals surface area contributed by atoms with Crippen LogP contribution in [0.4, 0.5) is 0 Å². The third-order valence-corrected chi connectivity index (χ3v) is 3.99. The van der Waals surface area contributed by atoms with E-state index in [1.54, 1.807) is 22.8 Å². The van der Waals surface area contributed by atoms with Gasteiger partial charge in [-0.15, -0.1) is 22.7 Å². The van der Waals surface area contributed by atoms with E-state index in [0.717, 1.165) is 0 Å². The third kappa shape index (κ3) is 2.09. The van der Waals surface area contributed by atoms with Crippen LogP contribution in [0.5, 0.6) is 5.75 Å². The zero-order chi connectivity index (χ0) is 11.7. The lowest BCUT2D eigenvalue weighted by Gasteiger charge is -1.89. The predicted octanol–water partition coefficient (Wildman–Crippen LogP) is 3.16. The highest BCUT2D eigenvalue weighted by Crippen LogP contribution is 2.33. The third-order valence-electron chi connectivity index (χ3n) is 2.22. The predicted molar refractivity (Wildman–Crippen MR) is 66.4 cm³/mol. The molecule has 0 bridgehead atoms. The zero-order valence-electron chi connectivity index (χ0n) is 8.66. The summed E-state index contributed by atoms with van der Waals surface area (Å²) >= 11 is 3.04. The molecule has 0 aliphatic carbocycles. The number of hydrogen-bond acceptors (Lipinski definition) is 6. The molecule has 4 nitrogen and oxygen atoms in total. The first-order chi connectivity index (χ1) is 8.33. The minimum atomic E-state index is 0.182. The van der Waals surface area contributed by atoms with E-state index in [1.807, 2.05) is 17.5 Å². The molecular weight excluding hydrogens is 256 g/mol. The lowest BCUT2D eigenvalue weighted by atomic mass is 10.3. The van der Waals surface area contributed by atoms with E-state index < -0.39 is 0 Å². The molecule has 0 radical (unpaired) electrons. The van der Waals surface area contributed by atoms with Gasteiger partial charge in [-0.1, -0.05) is 11.2 Å². The number of aromatic nitrogens is 2. The van der Waals surface area contributed by atoms with E-state index in [-0.39, 0.29) is 5.75 Å². The van der Waals surface area contributed by atoms with E-state index in [4.69, 9.17) is 4.52 Å². The molecule has 0 saturated heterocycles. The summed E-state index contributed by atoms with van der Waals surface area (Å²) in [5.74, 6) is 1.20. The van der Waals surface area contributed by atoms with Crippen LogP contribution in [0.1, 0.15) is 10.7 Å². The van der Waals surface area contributed by atoms with Gasteiger partial charge in [0.15, 0.2) is 5.82 Å². The Balaban J connectivity index is 1.86. The number of thiophene rings is 2. The van der Waals surface area contributed by atoms with Crippen molar-refractivity contribution in [1.82, 2.24) is 10.1 Å². The standard InChI is InChI=1S/C11H8N2O2S2/c14-8-3-5-17-10(8)11-12-9(13-15-11)6-7-2-1-4-16-7/h1-5,14H,6H2. The molecule has 0 fully saturated rings. The van der Waals surface area contributed by atoms with Crippen LogP contribution in [0.3, 0.4) is 0 Å². The molecule has 0 unspecified atom stereocenters. The van der Waals surface area contributed by atoms with E-state index in [1.165, 1.54) is 16.2 Å². The molecule has 0 aliphatic rings. The van der Waals surface area contributed by atoms with Crippen molar-refractivity contribution in [2.75, 3.05) is 0 Å². The van der Waals surface area contributed by atoms with Crippen molar-refractivity contribution >= 4 is 22.7 Å².